The zero-order chi connectivity index (χ0) is 17.8. The minimum absolute atomic E-state index is 0.298. The van der Waals surface area contributed by atoms with Crippen LogP contribution in [0.5, 0.6) is 5.75 Å². The van der Waals surface area contributed by atoms with Gasteiger partial charge in [-0.25, -0.2) is 14.2 Å². The average Bonchev–Trinajstić information content (AvgIpc) is 2.62. The van der Waals surface area contributed by atoms with Gasteiger partial charge in [-0.15, -0.1) is 0 Å². The molecule has 1 heterocycles. The summed E-state index contributed by atoms with van der Waals surface area (Å²) >= 11 is 0. The molecule has 3 rings (SSSR count). The Morgan fingerprint density at radius 2 is 1.80 bits per heavy atom. The summed E-state index contributed by atoms with van der Waals surface area (Å²) in [6, 6.07) is 13.1. The Morgan fingerprint density at radius 3 is 2.48 bits per heavy atom. The number of carbonyl (C=O) groups excluding carboxylic acids is 1. The van der Waals surface area contributed by atoms with Crippen LogP contribution in [-0.4, -0.2) is 24.2 Å². The van der Waals surface area contributed by atoms with Crippen molar-refractivity contribution >= 4 is 16.9 Å². The van der Waals surface area contributed by atoms with E-state index in [1.54, 1.807) is 43.3 Å². The Balaban J connectivity index is 2.12. The molecule has 0 atom stereocenters. The summed E-state index contributed by atoms with van der Waals surface area (Å²) in [5, 5.41) is 0.735. The normalized spacial score (nSPS) is 10.7. The quantitative estimate of drug-likeness (QED) is 0.637. The molecular weight excluding hydrogens is 321 g/mol. The van der Waals surface area contributed by atoms with Gasteiger partial charge in [0.05, 0.1) is 30.0 Å². The molecule has 0 aliphatic carbocycles. The van der Waals surface area contributed by atoms with Gasteiger partial charge in [0.15, 0.2) is 0 Å². The first kappa shape index (κ1) is 16.9. The highest BCUT2D eigenvalue weighted by Gasteiger charge is 2.13. The van der Waals surface area contributed by atoms with E-state index in [0.29, 0.717) is 35.7 Å². The lowest BCUT2D eigenvalue weighted by Crippen LogP contribution is -2.05. The summed E-state index contributed by atoms with van der Waals surface area (Å²) in [7, 11) is 0. The minimum atomic E-state index is -0.380. The summed E-state index contributed by atoms with van der Waals surface area (Å²) in [6.45, 7) is 4.45. The van der Waals surface area contributed by atoms with Crippen LogP contribution in [-0.2, 0) is 4.74 Å². The van der Waals surface area contributed by atoms with Gasteiger partial charge in [0.1, 0.15) is 11.6 Å². The van der Waals surface area contributed by atoms with Crippen LogP contribution in [0.25, 0.3) is 22.2 Å². The first-order valence-electron chi connectivity index (χ1n) is 8.13. The van der Waals surface area contributed by atoms with Gasteiger partial charge in [0.2, 0.25) is 0 Å². The number of benzene rings is 2. The number of pyridine rings is 1. The molecule has 2 aromatic carbocycles. The fourth-order valence-electron chi connectivity index (χ4n) is 2.58. The minimum Gasteiger partial charge on any atom is -0.493 e. The molecule has 0 amide bonds. The van der Waals surface area contributed by atoms with Crippen molar-refractivity contribution in [1.82, 2.24) is 4.98 Å². The Kier molecular flexibility index (Phi) is 4.93. The Hall–Kier alpha value is -2.95. The predicted molar refractivity (Wildman–Crippen MR) is 94.3 cm³/mol. The van der Waals surface area contributed by atoms with Crippen molar-refractivity contribution in [2.75, 3.05) is 13.2 Å². The number of rotatable bonds is 5. The molecule has 0 aliphatic heterocycles. The second kappa shape index (κ2) is 7.30. The third-order valence-electron chi connectivity index (χ3n) is 3.72. The van der Waals surface area contributed by atoms with E-state index < -0.39 is 0 Å². The number of aromatic nitrogens is 1. The number of nitrogens with zero attached hydrogens (tertiary/aromatic N) is 1. The van der Waals surface area contributed by atoms with Gasteiger partial charge < -0.3 is 9.47 Å². The summed E-state index contributed by atoms with van der Waals surface area (Å²) in [6.07, 6.45) is 0. The van der Waals surface area contributed by atoms with Gasteiger partial charge in [-0.1, -0.05) is 0 Å². The number of hydrogen-bond donors (Lipinski definition) is 0. The molecular formula is C20H18FNO3. The maximum absolute atomic E-state index is 13.1. The molecule has 0 unspecified atom stereocenters. The summed E-state index contributed by atoms with van der Waals surface area (Å²) in [4.78, 5) is 16.6. The Labute approximate surface area is 145 Å². The number of halogens is 1. The van der Waals surface area contributed by atoms with E-state index in [2.05, 4.69) is 4.98 Å². The van der Waals surface area contributed by atoms with Crippen LogP contribution >= 0.6 is 0 Å². The standard InChI is InChI=1S/C20H18FNO3/c1-3-24-19-12-18(13-5-8-15(21)9-6-13)22-17-10-7-14(11-16(17)19)20(23)25-4-2/h5-12H,3-4H2,1-2H3. The molecule has 1 aromatic heterocycles. The molecule has 0 saturated heterocycles. The fourth-order valence-corrected chi connectivity index (χ4v) is 2.58. The topological polar surface area (TPSA) is 48.4 Å². The zero-order valence-electron chi connectivity index (χ0n) is 14.1. The largest absolute Gasteiger partial charge is 0.493 e. The summed E-state index contributed by atoms with van der Waals surface area (Å²) in [5.41, 5.74) is 2.61. The zero-order valence-corrected chi connectivity index (χ0v) is 14.1. The summed E-state index contributed by atoms with van der Waals surface area (Å²) in [5.74, 6) is -0.0546. The molecule has 0 spiro atoms. The predicted octanol–water partition coefficient (Wildman–Crippen LogP) is 4.62. The lowest BCUT2D eigenvalue weighted by atomic mass is 10.1. The number of esters is 1. The molecule has 5 heteroatoms. The SMILES string of the molecule is CCOC(=O)c1ccc2nc(-c3ccc(F)cc3)cc(OCC)c2c1. The third-order valence-corrected chi connectivity index (χ3v) is 3.72. The van der Waals surface area contributed by atoms with Crippen LogP contribution in [0.2, 0.25) is 0 Å². The van der Waals surface area contributed by atoms with E-state index in [1.807, 2.05) is 6.92 Å². The van der Waals surface area contributed by atoms with Crippen LogP contribution < -0.4 is 4.74 Å². The highest BCUT2D eigenvalue weighted by molar-refractivity contribution is 5.97. The maximum Gasteiger partial charge on any atom is 0.338 e. The van der Waals surface area contributed by atoms with Crippen molar-refractivity contribution in [2.45, 2.75) is 13.8 Å². The van der Waals surface area contributed by atoms with Crippen LogP contribution in [0.1, 0.15) is 24.2 Å². The number of hydrogen-bond acceptors (Lipinski definition) is 4. The van der Waals surface area contributed by atoms with E-state index in [1.165, 1.54) is 12.1 Å². The second-order valence-corrected chi connectivity index (χ2v) is 5.40. The van der Waals surface area contributed by atoms with Crippen molar-refractivity contribution in [2.24, 2.45) is 0 Å². The number of fused-ring (bicyclic) bond motifs is 1. The van der Waals surface area contributed by atoms with E-state index >= 15 is 0 Å². The molecule has 0 aliphatic rings. The van der Waals surface area contributed by atoms with Gasteiger partial charge in [0, 0.05) is 17.0 Å². The van der Waals surface area contributed by atoms with Crippen molar-refractivity contribution in [3.63, 3.8) is 0 Å². The van der Waals surface area contributed by atoms with Crippen LogP contribution in [0.4, 0.5) is 4.39 Å². The molecule has 0 bridgehead atoms. The van der Waals surface area contributed by atoms with Crippen LogP contribution in [0.3, 0.4) is 0 Å². The van der Waals surface area contributed by atoms with Gasteiger partial charge in [-0.3, -0.25) is 0 Å². The molecule has 0 saturated carbocycles. The molecule has 0 fully saturated rings. The van der Waals surface area contributed by atoms with Crippen LogP contribution in [0.15, 0.2) is 48.5 Å². The average molecular weight is 339 g/mol. The lowest BCUT2D eigenvalue weighted by molar-refractivity contribution is 0.0526. The van der Waals surface area contributed by atoms with Crippen molar-refractivity contribution in [1.29, 1.82) is 0 Å². The lowest BCUT2D eigenvalue weighted by Gasteiger charge is -2.11. The van der Waals surface area contributed by atoms with Crippen LogP contribution in [0, 0.1) is 5.82 Å². The van der Waals surface area contributed by atoms with E-state index in [0.717, 1.165) is 10.9 Å². The Bertz CT molecular complexity index is 907. The van der Waals surface area contributed by atoms with Gasteiger partial charge >= 0.3 is 5.97 Å². The Morgan fingerprint density at radius 1 is 1.04 bits per heavy atom. The first-order valence-corrected chi connectivity index (χ1v) is 8.13. The second-order valence-electron chi connectivity index (χ2n) is 5.40. The monoisotopic (exact) mass is 339 g/mol. The van der Waals surface area contributed by atoms with Gasteiger partial charge in [-0.2, -0.15) is 0 Å². The van der Waals surface area contributed by atoms with Gasteiger partial charge in [-0.05, 0) is 56.3 Å². The van der Waals surface area contributed by atoms with E-state index in [9.17, 15) is 9.18 Å². The third kappa shape index (κ3) is 3.60. The number of carbonyl (C=O) groups is 1. The van der Waals surface area contributed by atoms with Gasteiger partial charge in [0.25, 0.3) is 0 Å². The molecule has 3 aromatic rings. The highest BCUT2D eigenvalue weighted by Crippen LogP contribution is 2.31. The summed E-state index contributed by atoms with van der Waals surface area (Å²) < 4.78 is 23.9. The van der Waals surface area contributed by atoms with Crippen molar-refractivity contribution in [3.05, 3.63) is 59.9 Å². The number of ether oxygens (including phenoxy) is 2. The molecule has 4 nitrogen and oxygen atoms in total. The van der Waals surface area contributed by atoms with E-state index in [-0.39, 0.29) is 11.8 Å². The maximum atomic E-state index is 13.1. The first-order chi connectivity index (χ1) is 12.1. The van der Waals surface area contributed by atoms with E-state index in [4.69, 9.17) is 9.47 Å². The van der Waals surface area contributed by atoms with Crippen molar-refractivity contribution in [3.8, 4) is 17.0 Å². The highest BCUT2D eigenvalue weighted by atomic mass is 19.1. The molecule has 25 heavy (non-hydrogen) atoms. The van der Waals surface area contributed by atoms with Crippen molar-refractivity contribution < 1.29 is 18.7 Å². The smallest absolute Gasteiger partial charge is 0.338 e. The molecule has 128 valence electrons. The molecule has 0 radical (unpaired) electrons. The molecule has 0 N–H and O–H groups in total. The fraction of sp³-hybridized carbons (Fsp3) is 0.200.